The molecule has 1 aliphatic heterocycles. The standard InChI is InChI=1S/C21H14N2O5S/c24-15-3-1-2-14(10-15)22-19-18(29-21(27)23-19)11-16-8-9-17(28-16)12-4-6-13(7-5-12)20(25)26/h1-11,24H,(H,25,26)(H,22,23,27). The minimum atomic E-state index is -0.990. The number of nitrogens with one attached hydrogen (secondary N) is 1. The molecule has 2 aromatic carbocycles. The molecule has 1 aromatic heterocycles. The predicted octanol–water partition coefficient (Wildman–Crippen LogP) is 4.88. The molecule has 3 N–H and O–H groups in total. The second kappa shape index (κ2) is 7.69. The highest BCUT2D eigenvalue weighted by Gasteiger charge is 2.24. The number of amides is 1. The number of benzene rings is 2. The first-order valence-electron chi connectivity index (χ1n) is 8.50. The summed E-state index contributed by atoms with van der Waals surface area (Å²) in [6, 6.07) is 16.3. The maximum Gasteiger partial charge on any atom is 0.335 e. The predicted molar refractivity (Wildman–Crippen MR) is 110 cm³/mol. The van der Waals surface area contributed by atoms with Crippen molar-refractivity contribution in [2.24, 2.45) is 4.99 Å². The molecular formula is C21H14N2O5S. The molecule has 0 atom stereocenters. The maximum atomic E-state index is 11.8. The van der Waals surface area contributed by atoms with E-state index >= 15 is 0 Å². The van der Waals surface area contributed by atoms with Crippen LogP contribution in [0.3, 0.4) is 0 Å². The third-order valence-electron chi connectivity index (χ3n) is 4.04. The number of nitrogens with zero attached hydrogens (tertiary/aromatic N) is 1. The van der Waals surface area contributed by atoms with E-state index in [4.69, 9.17) is 9.52 Å². The molecule has 4 rings (SSSR count). The molecule has 0 aliphatic carbocycles. The van der Waals surface area contributed by atoms with E-state index in [-0.39, 0.29) is 16.6 Å². The van der Waals surface area contributed by atoms with Gasteiger partial charge in [0.1, 0.15) is 23.1 Å². The molecule has 0 saturated carbocycles. The highest BCUT2D eigenvalue weighted by molar-refractivity contribution is 8.18. The number of amidine groups is 1. The van der Waals surface area contributed by atoms with Crippen molar-refractivity contribution in [3.05, 3.63) is 76.9 Å². The number of hydrogen-bond donors (Lipinski definition) is 3. The number of phenols is 1. The molecule has 0 spiro atoms. The summed E-state index contributed by atoms with van der Waals surface area (Å²) in [6.45, 7) is 0. The van der Waals surface area contributed by atoms with Crippen LogP contribution in [-0.2, 0) is 0 Å². The molecular weight excluding hydrogens is 392 g/mol. The van der Waals surface area contributed by atoms with Gasteiger partial charge in [-0.05, 0) is 54.2 Å². The van der Waals surface area contributed by atoms with Crippen molar-refractivity contribution in [2.45, 2.75) is 0 Å². The zero-order chi connectivity index (χ0) is 20.4. The number of thioether (sulfide) groups is 1. The zero-order valence-corrected chi connectivity index (χ0v) is 15.6. The Morgan fingerprint density at radius 1 is 1.10 bits per heavy atom. The minimum absolute atomic E-state index is 0.0824. The van der Waals surface area contributed by atoms with Gasteiger partial charge in [0, 0.05) is 11.6 Å². The highest BCUT2D eigenvalue weighted by atomic mass is 32.2. The highest BCUT2D eigenvalue weighted by Crippen LogP contribution is 2.31. The van der Waals surface area contributed by atoms with E-state index in [2.05, 4.69) is 10.3 Å². The van der Waals surface area contributed by atoms with Gasteiger partial charge >= 0.3 is 5.97 Å². The average Bonchev–Trinajstić information content (AvgIpc) is 3.29. The van der Waals surface area contributed by atoms with Crippen molar-refractivity contribution in [3.63, 3.8) is 0 Å². The van der Waals surface area contributed by atoms with Crippen molar-refractivity contribution in [2.75, 3.05) is 0 Å². The molecule has 1 aliphatic rings. The SMILES string of the molecule is O=C1NC(=Nc2cccc(O)c2)C(=Cc2ccc(-c3ccc(C(=O)O)cc3)o2)S1. The molecule has 8 heteroatoms. The molecule has 7 nitrogen and oxygen atoms in total. The van der Waals surface area contributed by atoms with Gasteiger partial charge in [0.05, 0.1) is 16.2 Å². The number of aliphatic imine (C=N–C) groups is 1. The summed E-state index contributed by atoms with van der Waals surface area (Å²) >= 11 is 0.995. The fourth-order valence-corrected chi connectivity index (χ4v) is 3.41. The second-order valence-corrected chi connectivity index (χ2v) is 7.10. The summed E-state index contributed by atoms with van der Waals surface area (Å²) in [5, 5.41) is 21.0. The Balaban J connectivity index is 1.61. The second-order valence-electron chi connectivity index (χ2n) is 6.09. The van der Waals surface area contributed by atoms with Crippen molar-refractivity contribution < 1.29 is 24.2 Å². The lowest BCUT2D eigenvalue weighted by atomic mass is 10.1. The van der Waals surface area contributed by atoms with Crippen LogP contribution in [-0.4, -0.2) is 27.3 Å². The largest absolute Gasteiger partial charge is 0.508 e. The molecule has 2 heterocycles. The van der Waals surface area contributed by atoms with Crippen LogP contribution in [0, 0.1) is 0 Å². The Morgan fingerprint density at radius 2 is 1.90 bits per heavy atom. The quantitative estimate of drug-likeness (QED) is 0.569. The van der Waals surface area contributed by atoms with E-state index in [1.54, 1.807) is 42.5 Å². The fourth-order valence-electron chi connectivity index (χ4n) is 2.70. The first-order chi connectivity index (χ1) is 14.0. The van der Waals surface area contributed by atoms with Crippen molar-refractivity contribution in [3.8, 4) is 17.1 Å². The summed E-state index contributed by atoms with van der Waals surface area (Å²) in [6.07, 6.45) is 1.69. The first kappa shape index (κ1) is 18.6. The number of rotatable bonds is 4. The lowest BCUT2D eigenvalue weighted by molar-refractivity contribution is 0.0697. The molecule has 0 bridgehead atoms. The van der Waals surface area contributed by atoms with Gasteiger partial charge in [-0.15, -0.1) is 0 Å². The van der Waals surface area contributed by atoms with Gasteiger partial charge < -0.3 is 19.9 Å². The van der Waals surface area contributed by atoms with E-state index in [1.807, 2.05) is 0 Å². The third-order valence-corrected chi connectivity index (χ3v) is 4.86. The molecule has 144 valence electrons. The number of carboxylic acid groups (broad SMARTS) is 1. The van der Waals surface area contributed by atoms with Gasteiger partial charge in [-0.2, -0.15) is 0 Å². The number of carboxylic acids is 1. The van der Waals surface area contributed by atoms with Crippen LogP contribution in [0.15, 0.2) is 75.0 Å². The van der Waals surface area contributed by atoms with Crippen LogP contribution in [0.5, 0.6) is 5.75 Å². The van der Waals surface area contributed by atoms with Crippen LogP contribution in [0.4, 0.5) is 10.5 Å². The number of aromatic carboxylic acids is 1. The number of carbonyl (C=O) groups is 2. The van der Waals surface area contributed by atoms with Gasteiger partial charge in [-0.1, -0.05) is 18.2 Å². The van der Waals surface area contributed by atoms with Gasteiger partial charge in [0.2, 0.25) is 0 Å². The van der Waals surface area contributed by atoms with Crippen LogP contribution >= 0.6 is 11.8 Å². The number of hydrogen-bond acceptors (Lipinski definition) is 6. The Kier molecular flexibility index (Phi) is 4.92. The van der Waals surface area contributed by atoms with Crippen LogP contribution in [0.1, 0.15) is 16.1 Å². The summed E-state index contributed by atoms with van der Waals surface area (Å²) in [5.41, 5.74) is 1.44. The van der Waals surface area contributed by atoms with Crippen molar-refractivity contribution in [1.82, 2.24) is 5.32 Å². The van der Waals surface area contributed by atoms with Crippen molar-refractivity contribution >= 4 is 40.6 Å². The lowest BCUT2D eigenvalue weighted by Gasteiger charge is -2.00. The Morgan fingerprint density at radius 3 is 2.62 bits per heavy atom. The Bertz CT molecular complexity index is 1160. The summed E-state index contributed by atoms with van der Waals surface area (Å²) in [5.74, 6) is 0.552. The average molecular weight is 406 g/mol. The molecule has 0 unspecified atom stereocenters. The van der Waals surface area contributed by atoms with E-state index in [1.165, 1.54) is 24.3 Å². The topological polar surface area (TPSA) is 112 Å². The third kappa shape index (κ3) is 4.22. The monoisotopic (exact) mass is 406 g/mol. The number of carbonyl (C=O) groups excluding carboxylic acids is 1. The Labute approximate surface area is 169 Å². The van der Waals surface area contributed by atoms with Crippen molar-refractivity contribution in [1.29, 1.82) is 0 Å². The van der Waals surface area contributed by atoms with Gasteiger partial charge in [-0.3, -0.25) is 4.79 Å². The van der Waals surface area contributed by atoms with E-state index in [0.29, 0.717) is 27.9 Å². The van der Waals surface area contributed by atoms with Crippen LogP contribution in [0.25, 0.3) is 17.4 Å². The fraction of sp³-hybridized carbons (Fsp3) is 0. The minimum Gasteiger partial charge on any atom is -0.508 e. The molecule has 0 radical (unpaired) electrons. The number of aromatic hydroxyl groups is 1. The number of phenolic OH excluding ortho intramolecular Hbond substituents is 1. The van der Waals surface area contributed by atoms with Gasteiger partial charge in [-0.25, -0.2) is 9.79 Å². The molecule has 1 fully saturated rings. The van der Waals surface area contributed by atoms with E-state index in [9.17, 15) is 14.7 Å². The van der Waals surface area contributed by atoms with Gasteiger partial charge in [0.15, 0.2) is 0 Å². The summed E-state index contributed by atoms with van der Waals surface area (Å²) in [4.78, 5) is 27.7. The summed E-state index contributed by atoms with van der Waals surface area (Å²) < 4.78 is 5.81. The van der Waals surface area contributed by atoms with E-state index in [0.717, 1.165) is 17.3 Å². The summed E-state index contributed by atoms with van der Waals surface area (Å²) in [7, 11) is 0. The smallest absolute Gasteiger partial charge is 0.335 e. The molecule has 1 saturated heterocycles. The van der Waals surface area contributed by atoms with Crippen LogP contribution < -0.4 is 5.32 Å². The molecule has 3 aromatic rings. The molecule has 1 amide bonds. The maximum absolute atomic E-state index is 11.8. The van der Waals surface area contributed by atoms with Crippen LogP contribution in [0.2, 0.25) is 0 Å². The zero-order valence-electron chi connectivity index (χ0n) is 14.8. The lowest BCUT2D eigenvalue weighted by Crippen LogP contribution is -2.18. The molecule has 29 heavy (non-hydrogen) atoms. The normalized spacial score (nSPS) is 16.3. The number of furan rings is 1. The first-order valence-corrected chi connectivity index (χ1v) is 9.32. The van der Waals surface area contributed by atoms with Gasteiger partial charge in [0.25, 0.3) is 5.24 Å². The van der Waals surface area contributed by atoms with E-state index < -0.39 is 5.97 Å². The Hall–Kier alpha value is -3.78.